The highest BCUT2D eigenvalue weighted by Crippen LogP contribution is 2.24. The minimum atomic E-state index is -3.66. The molecule has 1 aromatic carbocycles. The number of anilines is 1. The van der Waals surface area contributed by atoms with E-state index in [0.29, 0.717) is 22.1 Å². The Morgan fingerprint density at radius 1 is 1.26 bits per heavy atom. The smallest absolute Gasteiger partial charge is 0.265 e. The highest BCUT2D eigenvalue weighted by Gasteiger charge is 2.22. The van der Waals surface area contributed by atoms with Crippen molar-refractivity contribution in [2.75, 3.05) is 4.72 Å². The number of hydrogen-bond acceptors (Lipinski definition) is 3. The number of aryl methyl sites for hydroxylation is 3. The number of H-pyrrole nitrogens is 1. The summed E-state index contributed by atoms with van der Waals surface area (Å²) in [7, 11) is -3.66. The number of nitrogens with one attached hydrogen (secondary N) is 2. The van der Waals surface area contributed by atoms with Gasteiger partial charge < -0.3 is 0 Å². The van der Waals surface area contributed by atoms with Gasteiger partial charge in [-0.2, -0.15) is 5.10 Å². The van der Waals surface area contributed by atoms with E-state index in [1.807, 2.05) is 6.92 Å². The van der Waals surface area contributed by atoms with Crippen LogP contribution in [0.15, 0.2) is 23.1 Å². The van der Waals surface area contributed by atoms with Gasteiger partial charge in [0.25, 0.3) is 10.0 Å². The summed E-state index contributed by atoms with van der Waals surface area (Å²) in [5, 5.41) is 7.05. The number of sulfonamides is 1. The highest BCUT2D eigenvalue weighted by atomic mass is 35.5. The molecule has 7 heteroatoms. The first-order chi connectivity index (χ1) is 8.81. The van der Waals surface area contributed by atoms with Gasteiger partial charge in [-0.1, -0.05) is 17.7 Å². The van der Waals surface area contributed by atoms with Crippen LogP contribution >= 0.6 is 11.6 Å². The van der Waals surface area contributed by atoms with Crippen LogP contribution in [-0.2, 0) is 10.0 Å². The zero-order valence-corrected chi connectivity index (χ0v) is 12.4. The van der Waals surface area contributed by atoms with Gasteiger partial charge in [0, 0.05) is 5.02 Å². The first kappa shape index (κ1) is 13.9. The number of nitrogens with zero attached hydrogens (tertiary/aromatic N) is 1. The van der Waals surface area contributed by atoms with Crippen molar-refractivity contribution in [1.29, 1.82) is 0 Å². The van der Waals surface area contributed by atoms with E-state index in [2.05, 4.69) is 14.9 Å². The van der Waals surface area contributed by atoms with Crippen LogP contribution in [0.3, 0.4) is 0 Å². The summed E-state index contributed by atoms with van der Waals surface area (Å²) in [5.74, 6) is 0. The molecule has 0 fully saturated rings. The molecule has 0 unspecified atom stereocenters. The van der Waals surface area contributed by atoms with E-state index in [1.54, 1.807) is 32.0 Å². The van der Waals surface area contributed by atoms with Crippen molar-refractivity contribution in [3.05, 3.63) is 40.2 Å². The molecule has 0 spiro atoms. The van der Waals surface area contributed by atoms with Crippen molar-refractivity contribution in [3.63, 3.8) is 0 Å². The number of halogens is 1. The fourth-order valence-electron chi connectivity index (χ4n) is 1.80. The Kier molecular flexibility index (Phi) is 3.56. The molecule has 2 rings (SSSR count). The van der Waals surface area contributed by atoms with Crippen LogP contribution in [0.5, 0.6) is 0 Å². The summed E-state index contributed by atoms with van der Waals surface area (Å²) >= 11 is 5.98. The topological polar surface area (TPSA) is 74.8 Å². The van der Waals surface area contributed by atoms with Gasteiger partial charge in [-0.3, -0.25) is 9.82 Å². The van der Waals surface area contributed by atoms with Crippen molar-refractivity contribution in [1.82, 2.24) is 10.2 Å². The third-order valence-electron chi connectivity index (χ3n) is 2.75. The first-order valence-corrected chi connectivity index (χ1v) is 7.48. The van der Waals surface area contributed by atoms with Crippen LogP contribution in [0.2, 0.25) is 5.02 Å². The monoisotopic (exact) mass is 299 g/mol. The second kappa shape index (κ2) is 4.86. The molecule has 0 radical (unpaired) electrons. The van der Waals surface area contributed by atoms with E-state index < -0.39 is 10.0 Å². The normalized spacial score (nSPS) is 11.6. The van der Waals surface area contributed by atoms with Gasteiger partial charge in [0.15, 0.2) is 0 Å². The molecule has 5 nitrogen and oxygen atoms in total. The summed E-state index contributed by atoms with van der Waals surface area (Å²) in [5.41, 5.74) is 2.25. The van der Waals surface area contributed by atoms with Crippen molar-refractivity contribution < 1.29 is 8.42 Å². The Labute approximate surface area is 117 Å². The third-order valence-corrected chi connectivity index (χ3v) is 4.80. The molecule has 2 N–H and O–H groups in total. The van der Waals surface area contributed by atoms with Gasteiger partial charge in [0.2, 0.25) is 0 Å². The maximum Gasteiger partial charge on any atom is 0.265 e. The van der Waals surface area contributed by atoms with Crippen LogP contribution in [0.1, 0.15) is 17.0 Å². The average Bonchev–Trinajstić information content (AvgIpc) is 2.64. The van der Waals surface area contributed by atoms with Crippen LogP contribution in [0.25, 0.3) is 0 Å². The number of aromatic amines is 1. The Morgan fingerprint density at radius 2 is 1.95 bits per heavy atom. The minimum Gasteiger partial charge on any atom is -0.281 e. The second-order valence-electron chi connectivity index (χ2n) is 4.33. The summed E-state index contributed by atoms with van der Waals surface area (Å²) in [6.45, 7) is 5.15. The lowest BCUT2D eigenvalue weighted by atomic mass is 10.2. The zero-order valence-electron chi connectivity index (χ0n) is 10.8. The Hall–Kier alpha value is -1.53. The van der Waals surface area contributed by atoms with Gasteiger partial charge in [-0.15, -0.1) is 0 Å². The summed E-state index contributed by atoms with van der Waals surface area (Å²) in [4.78, 5) is 0.171. The quantitative estimate of drug-likeness (QED) is 0.915. The van der Waals surface area contributed by atoms with Gasteiger partial charge in [-0.05, 0) is 38.5 Å². The Bertz CT molecular complexity index is 703. The van der Waals surface area contributed by atoms with Crippen LogP contribution in [0.4, 0.5) is 5.69 Å². The predicted octanol–water partition coefficient (Wildman–Crippen LogP) is 2.79. The lowest BCUT2D eigenvalue weighted by Gasteiger charge is -2.09. The lowest BCUT2D eigenvalue weighted by Crippen LogP contribution is -2.14. The van der Waals surface area contributed by atoms with E-state index >= 15 is 0 Å². The molecular formula is C12H14ClN3O2S. The average molecular weight is 300 g/mol. The molecule has 0 saturated heterocycles. The lowest BCUT2D eigenvalue weighted by molar-refractivity contribution is 0.600. The third kappa shape index (κ3) is 2.74. The zero-order chi connectivity index (χ0) is 14.2. The van der Waals surface area contributed by atoms with E-state index in [9.17, 15) is 8.42 Å². The van der Waals surface area contributed by atoms with Gasteiger partial charge in [0.1, 0.15) is 4.90 Å². The highest BCUT2D eigenvalue weighted by molar-refractivity contribution is 7.92. The maximum atomic E-state index is 12.3. The SMILES string of the molecule is Cc1ccc(NS(=O)(=O)c2c(C)n[nH]c2C)cc1Cl. The molecule has 0 bridgehead atoms. The molecule has 0 aliphatic heterocycles. The summed E-state index contributed by atoms with van der Waals surface area (Å²) < 4.78 is 27.1. The first-order valence-electron chi connectivity index (χ1n) is 5.62. The van der Waals surface area contributed by atoms with E-state index in [-0.39, 0.29) is 4.90 Å². The minimum absolute atomic E-state index is 0.171. The fraction of sp³-hybridized carbons (Fsp3) is 0.250. The maximum absolute atomic E-state index is 12.3. The molecule has 19 heavy (non-hydrogen) atoms. The van der Waals surface area contributed by atoms with Gasteiger partial charge in [-0.25, -0.2) is 8.42 Å². The number of benzene rings is 1. The standard InChI is InChI=1S/C12H14ClN3O2S/c1-7-4-5-10(6-11(7)13)16-19(17,18)12-8(2)14-15-9(12)3/h4-6,16H,1-3H3,(H,14,15). The molecule has 0 amide bonds. The van der Waals surface area contributed by atoms with Crippen LogP contribution in [0, 0.1) is 20.8 Å². The molecule has 102 valence electrons. The molecule has 0 saturated carbocycles. The largest absolute Gasteiger partial charge is 0.281 e. The van der Waals surface area contributed by atoms with Crippen molar-refractivity contribution in [2.24, 2.45) is 0 Å². The molecule has 0 aliphatic rings. The summed E-state index contributed by atoms with van der Waals surface area (Å²) in [6, 6.07) is 5.01. The van der Waals surface area contributed by atoms with Crippen LogP contribution in [-0.4, -0.2) is 18.6 Å². The number of rotatable bonds is 3. The molecule has 1 aromatic heterocycles. The molecule has 2 aromatic rings. The Morgan fingerprint density at radius 3 is 2.47 bits per heavy atom. The molecule has 0 atom stereocenters. The van der Waals surface area contributed by atoms with Gasteiger partial charge in [0.05, 0.1) is 17.1 Å². The molecular weight excluding hydrogens is 286 g/mol. The van der Waals surface area contributed by atoms with E-state index in [1.165, 1.54) is 0 Å². The molecule has 0 aliphatic carbocycles. The Balaban J connectivity index is 2.39. The molecule has 1 heterocycles. The second-order valence-corrected chi connectivity index (χ2v) is 6.36. The summed E-state index contributed by atoms with van der Waals surface area (Å²) in [6.07, 6.45) is 0. The number of hydrogen-bond donors (Lipinski definition) is 2. The van der Waals surface area contributed by atoms with Crippen molar-refractivity contribution in [3.8, 4) is 0 Å². The number of aromatic nitrogens is 2. The van der Waals surface area contributed by atoms with E-state index in [0.717, 1.165) is 5.56 Å². The fourth-order valence-corrected chi connectivity index (χ4v) is 3.40. The van der Waals surface area contributed by atoms with Crippen molar-refractivity contribution in [2.45, 2.75) is 25.7 Å². The van der Waals surface area contributed by atoms with Crippen molar-refractivity contribution >= 4 is 27.3 Å². The van der Waals surface area contributed by atoms with E-state index in [4.69, 9.17) is 11.6 Å². The van der Waals surface area contributed by atoms with Gasteiger partial charge >= 0.3 is 0 Å². The van der Waals surface area contributed by atoms with Crippen LogP contribution < -0.4 is 4.72 Å². The predicted molar refractivity (Wildman–Crippen MR) is 75.1 cm³/mol.